The van der Waals surface area contributed by atoms with E-state index < -0.39 is 6.17 Å². The summed E-state index contributed by atoms with van der Waals surface area (Å²) in [6.07, 6.45) is 5.60. The van der Waals surface area contributed by atoms with Crippen molar-refractivity contribution in [3.63, 3.8) is 0 Å². The highest BCUT2D eigenvalue weighted by molar-refractivity contribution is 5.83. The molecule has 6 nitrogen and oxygen atoms in total. The van der Waals surface area contributed by atoms with Crippen molar-refractivity contribution in [3.8, 4) is 17.6 Å². The number of pyridine rings is 1. The van der Waals surface area contributed by atoms with Crippen LogP contribution in [0.4, 0.5) is 4.39 Å². The molecule has 0 unspecified atom stereocenters. The van der Waals surface area contributed by atoms with E-state index in [4.69, 9.17) is 9.15 Å². The lowest BCUT2D eigenvalue weighted by atomic mass is 9.81. The topological polar surface area (TPSA) is 71.6 Å². The van der Waals surface area contributed by atoms with Gasteiger partial charge >= 0.3 is 0 Å². The van der Waals surface area contributed by atoms with Crippen molar-refractivity contribution in [1.82, 2.24) is 14.9 Å². The Balaban J connectivity index is 1.35. The Kier molecular flexibility index (Phi) is 7.35. The number of oxazole rings is 1. The molecule has 3 aromatic rings. The number of hydrogen-bond donors (Lipinski definition) is 1. The van der Waals surface area contributed by atoms with Gasteiger partial charge in [0.05, 0.1) is 25.4 Å². The van der Waals surface area contributed by atoms with Crippen LogP contribution in [0.25, 0.3) is 10.9 Å². The molecular weight excluding hydrogens is 409 g/mol. The molecule has 0 bridgehead atoms. The Bertz CT molecular complexity index is 1080. The molecule has 3 atom stereocenters. The maximum atomic E-state index is 15.3. The first-order valence-corrected chi connectivity index (χ1v) is 10.9. The predicted octanol–water partition coefficient (Wildman–Crippen LogP) is 4.00. The monoisotopic (exact) mass is 437 g/mol. The molecule has 2 aromatic heterocycles. The van der Waals surface area contributed by atoms with E-state index in [0.717, 1.165) is 36.8 Å². The largest absolute Gasteiger partial charge is 0.497 e. The number of hydrogen-bond acceptors (Lipinski definition) is 6. The molecular formula is C25H28FN3O3. The summed E-state index contributed by atoms with van der Waals surface area (Å²) in [5.41, 5.74) is 1.41. The summed E-state index contributed by atoms with van der Waals surface area (Å²) in [6.45, 7) is 2.36. The second kappa shape index (κ2) is 10.6. The van der Waals surface area contributed by atoms with Crippen LogP contribution in [0.2, 0.25) is 0 Å². The smallest absolute Gasteiger partial charge is 0.197 e. The van der Waals surface area contributed by atoms with Gasteiger partial charge in [-0.25, -0.2) is 9.37 Å². The van der Waals surface area contributed by atoms with Gasteiger partial charge in [0.2, 0.25) is 0 Å². The summed E-state index contributed by atoms with van der Waals surface area (Å²) >= 11 is 0. The van der Waals surface area contributed by atoms with Crippen LogP contribution in [-0.4, -0.2) is 53.3 Å². The number of nitrogens with zero attached hydrogens (tertiary/aromatic N) is 3. The highest BCUT2D eigenvalue weighted by Crippen LogP contribution is 2.35. The first-order chi connectivity index (χ1) is 15.7. The number of aliphatic hydroxyl groups is 1. The number of piperidine rings is 1. The summed E-state index contributed by atoms with van der Waals surface area (Å²) in [5, 5.41) is 10.7. The fourth-order valence-electron chi connectivity index (χ4n) is 4.47. The molecule has 0 saturated carbocycles. The lowest BCUT2D eigenvalue weighted by Crippen LogP contribution is -2.42. The van der Waals surface area contributed by atoms with Crippen LogP contribution in [0, 0.1) is 23.7 Å². The van der Waals surface area contributed by atoms with Crippen molar-refractivity contribution in [2.45, 2.75) is 25.4 Å². The number of benzene rings is 1. The maximum Gasteiger partial charge on any atom is 0.197 e. The fourth-order valence-corrected chi connectivity index (χ4v) is 4.47. The van der Waals surface area contributed by atoms with Crippen LogP contribution < -0.4 is 4.74 Å². The van der Waals surface area contributed by atoms with E-state index in [-0.39, 0.29) is 12.5 Å². The zero-order valence-electron chi connectivity index (χ0n) is 18.2. The summed E-state index contributed by atoms with van der Waals surface area (Å²) in [4.78, 5) is 10.4. The standard InChI is InChI=1S/C25H28FN3O3/c1-31-20-5-7-25-23(13-20)22(8-10-28-25)24(26)6-4-18-9-12-29(15-19(18)16-30)11-2-3-21-14-27-17-32-21/h5,7-8,10,13-14,17-19,24,30H,4,6,9,11-12,15-16H2,1H3/t18-,19-,24+/m1/s1. The van der Waals surface area contributed by atoms with Gasteiger partial charge in [-0.2, -0.15) is 0 Å². The van der Waals surface area contributed by atoms with Crippen molar-refractivity contribution < 1.29 is 18.7 Å². The first kappa shape index (κ1) is 22.3. The van der Waals surface area contributed by atoms with Crippen LogP contribution in [0.1, 0.15) is 36.8 Å². The van der Waals surface area contributed by atoms with Gasteiger partial charge in [0, 0.05) is 24.7 Å². The molecule has 0 amide bonds. The Morgan fingerprint density at radius 2 is 2.25 bits per heavy atom. The number of ether oxygens (including phenoxy) is 1. The molecule has 1 N–H and O–H groups in total. The molecule has 0 aliphatic carbocycles. The average molecular weight is 438 g/mol. The Morgan fingerprint density at radius 1 is 1.34 bits per heavy atom. The van der Waals surface area contributed by atoms with Gasteiger partial charge in [-0.3, -0.25) is 9.88 Å². The van der Waals surface area contributed by atoms with E-state index in [1.165, 1.54) is 6.39 Å². The van der Waals surface area contributed by atoms with Gasteiger partial charge in [0.1, 0.15) is 11.9 Å². The van der Waals surface area contributed by atoms with Crippen LogP contribution in [-0.2, 0) is 0 Å². The number of halogens is 1. The van der Waals surface area contributed by atoms with Gasteiger partial charge in [-0.15, -0.1) is 0 Å². The molecule has 1 aromatic carbocycles. The van der Waals surface area contributed by atoms with Crippen LogP contribution >= 0.6 is 0 Å². The Morgan fingerprint density at radius 3 is 3.03 bits per heavy atom. The van der Waals surface area contributed by atoms with Crippen molar-refractivity contribution in [1.29, 1.82) is 0 Å². The van der Waals surface area contributed by atoms with Gasteiger partial charge < -0.3 is 14.3 Å². The number of fused-ring (bicyclic) bond motifs is 1. The summed E-state index contributed by atoms with van der Waals surface area (Å²) in [5.74, 6) is 7.71. The first-order valence-electron chi connectivity index (χ1n) is 10.9. The molecule has 3 heterocycles. The van der Waals surface area contributed by atoms with Crippen molar-refractivity contribution in [3.05, 3.63) is 54.4 Å². The van der Waals surface area contributed by atoms with Crippen LogP contribution in [0.3, 0.4) is 0 Å². The van der Waals surface area contributed by atoms with Gasteiger partial charge in [0.25, 0.3) is 0 Å². The lowest BCUT2D eigenvalue weighted by Gasteiger charge is -2.37. The molecule has 4 rings (SSSR count). The number of aromatic nitrogens is 2. The SMILES string of the molecule is COc1ccc2nccc([C@@H](F)CC[C@@H]3CCN(CC#Cc4cnco4)C[C@@H]3CO)c2c1. The second-order valence-corrected chi connectivity index (χ2v) is 8.22. The van der Waals surface area contributed by atoms with Gasteiger partial charge in [0.15, 0.2) is 12.2 Å². The minimum absolute atomic E-state index is 0.100. The van der Waals surface area contributed by atoms with E-state index in [9.17, 15) is 5.11 Å². The Labute approximate surface area is 187 Å². The van der Waals surface area contributed by atoms with Gasteiger partial charge in [-0.05, 0) is 73.4 Å². The van der Waals surface area contributed by atoms with Crippen LogP contribution in [0.15, 0.2) is 47.5 Å². The van der Waals surface area contributed by atoms with E-state index in [1.54, 1.807) is 25.6 Å². The number of alkyl halides is 1. The highest BCUT2D eigenvalue weighted by Gasteiger charge is 2.29. The van der Waals surface area contributed by atoms with Gasteiger partial charge in [-0.1, -0.05) is 5.92 Å². The molecule has 1 fully saturated rings. The van der Waals surface area contributed by atoms with Crippen LogP contribution in [0.5, 0.6) is 5.75 Å². The van der Waals surface area contributed by atoms with Crippen molar-refractivity contribution in [2.75, 3.05) is 33.4 Å². The molecule has 168 valence electrons. The van der Waals surface area contributed by atoms with E-state index in [0.29, 0.717) is 36.0 Å². The third-order valence-corrected chi connectivity index (χ3v) is 6.27. The normalized spacial score (nSPS) is 20.0. The summed E-state index contributed by atoms with van der Waals surface area (Å²) in [7, 11) is 1.60. The average Bonchev–Trinajstić information content (AvgIpc) is 3.35. The molecule has 1 saturated heterocycles. The molecule has 7 heteroatoms. The molecule has 1 aliphatic heterocycles. The van der Waals surface area contributed by atoms with Crippen molar-refractivity contribution in [2.24, 2.45) is 11.8 Å². The molecule has 0 spiro atoms. The summed E-state index contributed by atoms with van der Waals surface area (Å²) < 4.78 is 25.7. The van der Waals surface area contributed by atoms with E-state index in [2.05, 4.69) is 26.7 Å². The number of methoxy groups -OCH3 is 1. The third kappa shape index (κ3) is 5.26. The number of likely N-dealkylation sites (tertiary alicyclic amines) is 1. The Hall–Kier alpha value is -2.95. The lowest BCUT2D eigenvalue weighted by molar-refractivity contribution is 0.0708. The van der Waals surface area contributed by atoms with E-state index >= 15 is 4.39 Å². The van der Waals surface area contributed by atoms with E-state index in [1.807, 2.05) is 18.2 Å². The minimum Gasteiger partial charge on any atom is -0.497 e. The third-order valence-electron chi connectivity index (χ3n) is 6.27. The predicted molar refractivity (Wildman–Crippen MR) is 120 cm³/mol. The number of aliphatic hydroxyl groups excluding tert-OH is 1. The quantitative estimate of drug-likeness (QED) is 0.564. The zero-order valence-corrected chi connectivity index (χ0v) is 18.2. The second-order valence-electron chi connectivity index (χ2n) is 8.22. The molecule has 32 heavy (non-hydrogen) atoms. The zero-order chi connectivity index (χ0) is 22.3. The molecule has 0 radical (unpaired) electrons. The highest BCUT2D eigenvalue weighted by atomic mass is 19.1. The fraction of sp³-hybridized carbons (Fsp3) is 0.440. The summed E-state index contributed by atoms with van der Waals surface area (Å²) in [6, 6.07) is 7.29. The number of rotatable bonds is 7. The maximum absolute atomic E-state index is 15.3. The molecule has 1 aliphatic rings. The minimum atomic E-state index is -1.09. The van der Waals surface area contributed by atoms with Crippen molar-refractivity contribution >= 4 is 10.9 Å².